The van der Waals surface area contributed by atoms with E-state index in [2.05, 4.69) is 69.0 Å². The zero-order valence-corrected chi connectivity index (χ0v) is 22.4. The Kier molecular flexibility index (Phi) is 13.1. The quantitative estimate of drug-likeness (QED) is 0.393. The fourth-order valence-electron chi connectivity index (χ4n) is 5.14. The van der Waals surface area contributed by atoms with Crippen LogP contribution in [0.4, 0.5) is 0 Å². The lowest BCUT2D eigenvalue weighted by Crippen LogP contribution is -2.27. The van der Waals surface area contributed by atoms with Gasteiger partial charge in [-0.2, -0.15) is 0 Å². The van der Waals surface area contributed by atoms with Crippen LogP contribution in [0, 0.1) is 30.6 Å². The first-order valence-corrected chi connectivity index (χ1v) is 13.4. The Balaban J connectivity index is 0.000000789. The largest absolute Gasteiger partial charge is 0.0683 e. The van der Waals surface area contributed by atoms with Crippen molar-refractivity contribution >= 4 is 0 Å². The van der Waals surface area contributed by atoms with Crippen molar-refractivity contribution < 1.29 is 0 Å². The molecule has 176 valence electrons. The van der Waals surface area contributed by atoms with Gasteiger partial charge in [0.15, 0.2) is 0 Å². The Morgan fingerprint density at radius 1 is 0.812 bits per heavy atom. The fourth-order valence-corrected chi connectivity index (χ4v) is 5.14. The normalized spacial score (nSPS) is 20.2. The Hall–Kier alpha value is -2.00. The summed E-state index contributed by atoms with van der Waals surface area (Å²) in [5.41, 5.74) is 8.25. The van der Waals surface area contributed by atoms with Gasteiger partial charge in [-0.05, 0) is 103 Å². The molecule has 3 unspecified atom stereocenters. The zero-order valence-electron chi connectivity index (χ0n) is 22.4. The van der Waals surface area contributed by atoms with Gasteiger partial charge in [0.05, 0.1) is 0 Å². The van der Waals surface area contributed by atoms with Gasteiger partial charge >= 0.3 is 0 Å². The molecule has 0 aliphatic heterocycles. The Bertz CT molecular complexity index is 861. The van der Waals surface area contributed by atoms with Crippen molar-refractivity contribution in [2.45, 2.75) is 107 Å². The maximum Gasteiger partial charge on any atom is 0.0251 e. The number of benzene rings is 2. The van der Waals surface area contributed by atoms with Crippen molar-refractivity contribution in [3.8, 4) is 11.8 Å². The van der Waals surface area contributed by atoms with Crippen LogP contribution in [0.1, 0.15) is 120 Å². The highest BCUT2D eigenvalue weighted by Gasteiger charge is 2.33. The highest BCUT2D eigenvalue weighted by molar-refractivity contribution is 5.48. The first-order chi connectivity index (χ1) is 15.6. The van der Waals surface area contributed by atoms with Gasteiger partial charge in [-0.1, -0.05) is 85.8 Å². The smallest absolute Gasteiger partial charge is 0.0251 e. The van der Waals surface area contributed by atoms with E-state index in [-0.39, 0.29) is 0 Å². The van der Waals surface area contributed by atoms with Gasteiger partial charge in [-0.25, -0.2) is 0 Å². The molecule has 3 atom stereocenters. The van der Waals surface area contributed by atoms with E-state index in [4.69, 9.17) is 0 Å². The van der Waals surface area contributed by atoms with Crippen LogP contribution in [0.15, 0.2) is 36.4 Å². The molecule has 0 N–H and O–H groups in total. The van der Waals surface area contributed by atoms with Gasteiger partial charge in [-0.3, -0.25) is 0 Å². The molecule has 0 saturated heterocycles. The first-order valence-electron chi connectivity index (χ1n) is 13.4. The summed E-state index contributed by atoms with van der Waals surface area (Å²) >= 11 is 0. The van der Waals surface area contributed by atoms with Crippen molar-refractivity contribution in [1.29, 1.82) is 0 Å². The molecule has 1 saturated carbocycles. The zero-order chi connectivity index (χ0) is 24.1. The lowest BCUT2D eigenvalue weighted by atomic mass is 9.65. The van der Waals surface area contributed by atoms with Crippen molar-refractivity contribution in [2.75, 3.05) is 0 Å². The molecule has 2 aliphatic carbocycles. The van der Waals surface area contributed by atoms with E-state index in [1.807, 2.05) is 41.5 Å². The Morgan fingerprint density at radius 2 is 1.44 bits per heavy atom. The molecule has 1 fully saturated rings. The Labute approximate surface area is 200 Å². The molecule has 0 amide bonds. The second kappa shape index (κ2) is 14.9. The van der Waals surface area contributed by atoms with Gasteiger partial charge in [0.25, 0.3) is 0 Å². The third kappa shape index (κ3) is 7.27. The van der Waals surface area contributed by atoms with E-state index in [1.165, 1.54) is 48.8 Å². The predicted octanol–water partition coefficient (Wildman–Crippen LogP) is 9.50. The minimum absolute atomic E-state index is 0.807. The molecule has 2 aromatic rings. The summed E-state index contributed by atoms with van der Waals surface area (Å²) in [6.45, 7) is 18.8. The van der Waals surface area contributed by atoms with E-state index in [1.54, 1.807) is 11.1 Å². The molecule has 4 rings (SSSR count). The van der Waals surface area contributed by atoms with Gasteiger partial charge in [-0.15, -0.1) is 0 Å². The van der Waals surface area contributed by atoms with Crippen molar-refractivity contribution in [3.63, 3.8) is 0 Å². The van der Waals surface area contributed by atoms with E-state index in [0.717, 1.165) is 29.7 Å². The topological polar surface area (TPSA) is 0 Å². The average Bonchev–Trinajstić information content (AvgIpc) is 2.86. The third-order valence-corrected chi connectivity index (χ3v) is 6.65. The number of aryl methyl sites for hydroxylation is 3. The van der Waals surface area contributed by atoms with Crippen LogP contribution in [0.3, 0.4) is 0 Å². The van der Waals surface area contributed by atoms with E-state index >= 15 is 0 Å². The molecule has 32 heavy (non-hydrogen) atoms. The lowest BCUT2D eigenvalue weighted by Gasteiger charge is -2.39. The SMILES string of the molecule is CC.CC.CC.CCc1ccc(C#Cc2ccc3c(c2)CCC2CC(C)CCC32)cc1C. The highest BCUT2D eigenvalue weighted by atomic mass is 14.4. The summed E-state index contributed by atoms with van der Waals surface area (Å²) < 4.78 is 0. The van der Waals surface area contributed by atoms with Gasteiger partial charge < -0.3 is 0 Å². The lowest BCUT2D eigenvalue weighted by molar-refractivity contribution is 0.221. The van der Waals surface area contributed by atoms with Crippen LogP contribution in [-0.4, -0.2) is 0 Å². The van der Waals surface area contributed by atoms with Gasteiger partial charge in [0.1, 0.15) is 0 Å². The number of hydrogen-bond acceptors (Lipinski definition) is 0. The molecular weight excluding hydrogens is 384 g/mol. The second-order valence-corrected chi connectivity index (χ2v) is 8.48. The molecule has 0 spiro atoms. The molecule has 0 aromatic heterocycles. The van der Waals surface area contributed by atoms with Gasteiger partial charge in [0, 0.05) is 11.1 Å². The maximum absolute atomic E-state index is 3.40. The van der Waals surface area contributed by atoms with Crippen molar-refractivity contribution in [3.05, 3.63) is 69.8 Å². The highest BCUT2D eigenvalue weighted by Crippen LogP contribution is 2.46. The van der Waals surface area contributed by atoms with E-state index in [9.17, 15) is 0 Å². The molecule has 0 heteroatoms. The number of hydrogen-bond donors (Lipinski definition) is 0. The number of fused-ring (bicyclic) bond motifs is 3. The predicted molar refractivity (Wildman–Crippen MR) is 145 cm³/mol. The van der Waals surface area contributed by atoms with Crippen LogP contribution in [0.2, 0.25) is 0 Å². The molecule has 0 heterocycles. The van der Waals surface area contributed by atoms with Crippen LogP contribution < -0.4 is 0 Å². The summed E-state index contributed by atoms with van der Waals surface area (Å²) in [6, 6.07) is 13.6. The minimum Gasteiger partial charge on any atom is -0.0683 e. The Morgan fingerprint density at radius 3 is 2.06 bits per heavy atom. The second-order valence-electron chi connectivity index (χ2n) is 8.48. The number of rotatable bonds is 1. The van der Waals surface area contributed by atoms with Crippen LogP contribution in [0.25, 0.3) is 0 Å². The van der Waals surface area contributed by atoms with Crippen LogP contribution >= 0.6 is 0 Å². The van der Waals surface area contributed by atoms with E-state index < -0.39 is 0 Å². The van der Waals surface area contributed by atoms with Crippen molar-refractivity contribution in [1.82, 2.24) is 0 Å². The molecule has 0 radical (unpaired) electrons. The summed E-state index contributed by atoms with van der Waals surface area (Å²) in [5, 5.41) is 0. The summed E-state index contributed by atoms with van der Waals surface area (Å²) in [6.07, 6.45) is 7.91. The standard InChI is InChI=1S/C26H30.3C2H6/c1-4-22-10-8-20(16-19(22)3)6-7-21-9-14-26-24(17-21)12-11-23-15-18(2)5-13-25(23)26;3*1-2/h8-10,14,16-18,23,25H,4-5,11-13,15H2,1-3H3;3*1-2H3. The van der Waals surface area contributed by atoms with E-state index in [0.29, 0.717) is 0 Å². The maximum atomic E-state index is 3.40. The molecule has 2 aromatic carbocycles. The summed E-state index contributed by atoms with van der Waals surface area (Å²) in [7, 11) is 0. The first kappa shape index (κ1) is 28.0. The molecular formula is C32H48. The summed E-state index contributed by atoms with van der Waals surface area (Å²) in [5.74, 6) is 9.42. The summed E-state index contributed by atoms with van der Waals surface area (Å²) in [4.78, 5) is 0. The molecule has 0 bridgehead atoms. The monoisotopic (exact) mass is 432 g/mol. The minimum atomic E-state index is 0.807. The average molecular weight is 433 g/mol. The fraction of sp³-hybridized carbons (Fsp3) is 0.562. The van der Waals surface area contributed by atoms with Crippen molar-refractivity contribution in [2.24, 2.45) is 11.8 Å². The molecule has 0 nitrogen and oxygen atoms in total. The van der Waals surface area contributed by atoms with Crippen LogP contribution in [-0.2, 0) is 12.8 Å². The van der Waals surface area contributed by atoms with Gasteiger partial charge in [0.2, 0.25) is 0 Å². The van der Waals surface area contributed by atoms with Crippen LogP contribution in [0.5, 0.6) is 0 Å². The third-order valence-electron chi connectivity index (χ3n) is 6.65. The molecule has 2 aliphatic rings.